The van der Waals surface area contributed by atoms with Gasteiger partial charge >= 0.3 is 0 Å². The zero-order valence-corrected chi connectivity index (χ0v) is 20.0. The molecule has 1 amide bonds. The Labute approximate surface area is 188 Å². The lowest BCUT2D eigenvalue weighted by molar-refractivity contribution is 0.0784. The molecule has 1 aliphatic heterocycles. The van der Waals surface area contributed by atoms with E-state index >= 15 is 0 Å². The van der Waals surface area contributed by atoms with Crippen molar-refractivity contribution < 1.29 is 22.7 Å². The first-order valence-corrected chi connectivity index (χ1v) is 12.3. The van der Waals surface area contributed by atoms with Crippen molar-refractivity contribution in [1.82, 2.24) is 14.7 Å². The first-order valence-electron chi connectivity index (χ1n) is 10.1. The third-order valence-corrected chi connectivity index (χ3v) is 7.57. The maximum absolute atomic E-state index is 13.1. The Hall–Kier alpha value is -2.26. The van der Waals surface area contributed by atoms with Crippen LogP contribution in [-0.2, 0) is 16.4 Å². The second-order valence-electron chi connectivity index (χ2n) is 7.73. The number of benzene rings is 1. The highest BCUT2D eigenvalue weighted by Gasteiger charge is 2.31. The Morgan fingerprint density at radius 2 is 2.06 bits per heavy atom. The van der Waals surface area contributed by atoms with Crippen LogP contribution in [0.4, 0.5) is 0 Å². The average molecular weight is 470 g/mol. The normalized spacial score (nSPS) is 17.5. The van der Waals surface area contributed by atoms with Crippen molar-refractivity contribution >= 4 is 27.3 Å². The van der Waals surface area contributed by atoms with Gasteiger partial charge in [-0.05, 0) is 39.3 Å². The second-order valence-corrected chi connectivity index (χ2v) is 10.4. The van der Waals surface area contributed by atoms with Crippen molar-refractivity contribution in [1.29, 1.82) is 0 Å². The largest absolute Gasteiger partial charge is 0.493 e. The Bertz CT molecular complexity index is 1100. The minimum absolute atomic E-state index is 0.105. The quantitative estimate of drug-likeness (QED) is 0.618. The van der Waals surface area contributed by atoms with Crippen LogP contribution < -0.4 is 9.47 Å². The van der Waals surface area contributed by atoms with Crippen LogP contribution in [-0.4, -0.2) is 61.3 Å². The fourth-order valence-corrected chi connectivity index (χ4v) is 5.86. The number of carbonyl (C=O) groups is 1. The van der Waals surface area contributed by atoms with E-state index in [1.165, 1.54) is 7.11 Å². The molecule has 10 heteroatoms. The zero-order valence-electron chi connectivity index (χ0n) is 18.4. The highest BCUT2D eigenvalue weighted by atomic mass is 35.5. The molecule has 2 aromatic rings. The maximum Gasteiger partial charge on any atom is 0.254 e. The molecule has 0 N–H and O–H groups in total. The minimum Gasteiger partial charge on any atom is -0.493 e. The van der Waals surface area contributed by atoms with E-state index in [0.29, 0.717) is 41.7 Å². The summed E-state index contributed by atoms with van der Waals surface area (Å²) in [5.41, 5.74) is 2.95. The van der Waals surface area contributed by atoms with Gasteiger partial charge in [0.25, 0.3) is 5.91 Å². The van der Waals surface area contributed by atoms with Gasteiger partial charge in [-0.1, -0.05) is 11.6 Å². The predicted octanol–water partition coefficient (Wildman–Crippen LogP) is 3.19. The van der Waals surface area contributed by atoms with Gasteiger partial charge in [0.2, 0.25) is 0 Å². The first kappa shape index (κ1) is 23.4. The van der Waals surface area contributed by atoms with Crippen molar-refractivity contribution in [2.24, 2.45) is 0 Å². The van der Waals surface area contributed by atoms with Crippen LogP contribution >= 0.6 is 11.6 Å². The van der Waals surface area contributed by atoms with E-state index in [9.17, 15) is 13.2 Å². The second kappa shape index (κ2) is 9.08. The summed E-state index contributed by atoms with van der Waals surface area (Å²) in [6.07, 6.45) is 0.559. The Balaban J connectivity index is 1.83. The zero-order chi connectivity index (χ0) is 22.9. The van der Waals surface area contributed by atoms with Gasteiger partial charge in [0.05, 0.1) is 42.0 Å². The molecule has 0 bridgehead atoms. The van der Waals surface area contributed by atoms with E-state index < -0.39 is 9.84 Å². The van der Waals surface area contributed by atoms with Crippen LogP contribution in [0.2, 0.25) is 5.02 Å². The molecule has 0 unspecified atom stereocenters. The van der Waals surface area contributed by atoms with Crippen molar-refractivity contribution in [3.05, 3.63) is 39.7 Å². The van der Waals surface area contributed by atoms with E-state index in [1.54, 1.807) is 28.8 Å². The van der Waals surface area contributed by atoms with E-state index in [-0.39, 0.29) is 23.5 Å². The van der Waals surface area contributed by atoms with Gasteiger partial charge < -0.3 is 14.4 Å². The Morgan fingerprint density at radius 1 is 1.35 bits per heavy atom. The number of ether oxygens (including phenoxy) is 2. The van der Waals surface area contributed by atoms with Crippen molar-refractivity contribution in [2.45, 2.75) is 39.8 Å². The van der Waals surface area contributed by atoms with Gasteiger partial charge in [-0.15, -0.1) is 0 Å². The van der Waals surface area contributed by atoms with Gasteiger partial charge in [-0.25, -0.2) is 8.42 Å². The number of hydrogen-bond donors (Lipinski definition) is 0. The van der Waals surface area contributed by atoms with Crippen LogP contribution in [0.5, 0.6) is 11.5 Å². The molecule has 1 aromatic heterocycles. The van der Waals surface area contributed by atoms with Gasteiger partial charge in [0.1, 0.15) is 0 Å². The summed E-state index contributed by atoms with van der Waals surface area (Å²) in [4.78, 5) is 14.7. The molecule has 2 heterocycles. The SMILES string of the molecule is CCOc1c(Cl)cc(C(=O)N(C)Cc2c(C)nn([C@H]3CCS(=O)(=O)C3)c2C)cc1OC. The number of methoxy groups -OCH3 is 1. The van der Waals surface area contributed by atoms with Crippen LogP contribution in [0.15, 0.2) is 12.1 Å². The molecule has 0 saturated carbocycles. The number of nitrogens with zero attached hydrogens (tertiary/aromatic N) is 3. The topological polar surface area (TPSA) is 90.7 Å². The summed E-state index contributed by atoms with van der Waals surface area (Å²) >= 11 is 6.31. The molecule has 1 atom stereocenters. The summed E-state index contributed by atoms with van der Waals surface area (Å²) in [6.45, 7) is 6.39. The number of carbonyl (C=O) groups excluding carboxylic acids is 1. The molecule has 1 aliphatic rings. The highest BCUT2D eigenvalue weighted by Crippen LogP contribution is 2.37. The number of aryl methyl sites for hydroxylation is 1. The Morgan fingerprint density at radius 3 is 2.65 bits per heavy atom. The molecular weight excluding hydrogens is 442 g/mol. The van der Waals surface area contributed by atoms with E-state index in [4.69, 9.17) is 21.1 Å². The summed E-state index contributed by atoms with van der Waals surface area (Å²) in [5.74, 6) is 0.870. The lowest BCUT2D eigenvalue weighted by Crippen LogP contribution is -2.27. The van der Waals surface area contributed by atoms with E-state index in [2.05, 4.69) is 5.10 Å². The summed E-state index contributed by atoms with van der Waals surface area (Å²) in [5, 5.41) is 4.88. The summed E-state index contributed by atoms with van der Waals surface area (Å²) in [7, 11) is 0.185. The lowest BCUT2D eigenvalue weighted by Gasteiger charge is -2.19. The number of amides is 1. The standard InChI is InChI=1S/C21H28ClN3O5S/c1-6-30-20-18(22)9-15(10-19(20)29-5)21(26)24(4)11-17-13(2)23-25(14(17)3)16-7-8-31(27,28)12-16/h9-10,16H,6-8,11-12H2,1-5H3/t16-/m0/s1. The number of aromatic nitrogens is 2. The number of sulfone groups is 1. The molecular formula is C21H28ClN3O5S. The van der Waals surface area contributed by atoms with Crippen LogP contribution in [0, 0.1) is 13.8 Å². The molecule has 1 saturated heterocycles. The third-order valence-electron chi connectivity index (χ3n) is 5.54. The summed E-state index contributed by atoms with van der Waals surface area (Å²) in [6, 6.07) is 3.02. The third kappa shape index (κ3) is 4.82. The highest BCUT2D eigenvalue weighted by molar-refractivity contribution is 7.91. The molecule has 1 fully saturated rings. The maximum atomic E-state index is 13.1. The van der Waals surface area contributed by atoms with E-state index in [0.717, 1.165) is 17.0 Å². The monoisotopic (exact) mass is 469 g/mol. The van der Waals surface area contributed by atoms with Crippen molar-refractivity contribution in [3.8, 4) is 11.5 Å². The minimum atomic E-state index is -3.01. The number of rotatable bonds is 7. The average Bonchev–Trinajstić information content (AvgIpc) is 3.21. The molecule has 170 valence electrons. The smallest absolute Gasteiger partial charge is 0.254 e. The van der Waals surface area contributed by atoms with Crippen molar-refractivity contribution in [3.63, 3.8) is 0 Å². The van der Waals surface area contributed by atoms with E-state index in [1.807, 2.05) is 20.8 Å². The van der Waals surface area contributed by atoms with Crippen molar-refractivity contribution in [2.75, 3.05) is 32.3 Å². The number of hydrogen-bond acceptors (Lipinski definition) is 6. The van der Waals surface area contributed by atoms with Gasteiger partial charge in [-0.2, -0.15) is 5.10 Å². The van der Waals surface area contributed by atoms with Crippen LogP contribution in [0.1, 0.15) is 46.7 Å². The van der Waals surface area contributed by atoms with Gasteiger partial charge in [-0.3, -0.25) is 9.48 Å². The first-order chi connectivity index (χ1) is 14.6. The van der Waals surface area contributed by atoms with Gasteiger partial charge in [0.15, 0.2) is 21.3 Å². The predicted molar refractivity (Wildman–Crippen MR) is 119 cm³/mol. The molecule has 8 nitrogen and oxygen atoms in total. The molecule has 31 heavy (non-hydrogen) atoms. The molecule has 0 spiro atoms. The fourth-order valence-electron chi connectivity index (χ4n) is 3.91. The molecule has 1 aromatic carbocycles. The molecule has 0 radical (unpaired) electrons. The number of halogens is 1. The van der Waals surface area contributed by atoms with Crippen LogP contribution in [0.3, 0.4) is 0 Å². The summed E-state index contributed by atoms with van der Waals surface area (Å²) < 4.78 is 36.4. The molecule has 0 aliphatic carbocycles. The fraction of sp³-hybridized carbons (Fsp3) is 0.524. The lowest BCUT2D eigenvalue weighted by atomic mass is 10.1. The van der Waals surface area contributed by atoms with Gasteiger partial charge in [0, 0.05) is 30.4 Å². The molecule has 3 rings (SSSR count). The Kier molecular flexibility index (Phi) is 6.85. The van der Waals surface area contributed by atoms with Crippen LogP contribution in [0.25, 0.3) is 0 Å².